The topological polar surface area (TPSA) is 81.7 Å². The van der Waals surface area contributed by atoms with Gasteiger partial charge in [-0.2, -0.15) is 0 Å². The van der Waals surface area contributed by atoms with Gasteiger partial charge in [0.2, 0.25) is 5.91 Å². The van der Waals surface area contributed by atoms with Crippen molar-refractivity contribution >= 4 is 17.8 Å². The number of ether oxygens (including phenoxy) is 2. The summed E-state index contributed by atoms with van der Waals surface area (Å²) in [7, 11) is 2.54. The Labute approximate surface area is 136 Å². The normalized spacial score (nSPS) is 11.5. The lowest BCUT2D eigenvalue weighted by atomic mass is 10.0. The summed E-state index contributed by atoms with van der Waals surface area (Å²) in [4.78, 5) is 34.8. The van der Waals surface area contributed by atoms with Crippen LogP contribution in [0.25, 0.3) is 0 Å². The molecule has 1 N–H and O–H groups in total. The third-order valence-electron chi connectivity index (χ3n) is 3.62. The van der Waals surface area contributed by atoms with Gasteiger partial charge in [-0.3, -0.25) is 9.59 Å². The van der Waals surface area contributed by atoms with E-state index >= 15 is 0 Å². The molecule has 0 bridgehead atoms. The van der Waals surface area contributed by atoms with Crippen LogP contribution in [0, 0.1) is 13.8 Å². The highest BCUT2D eigenvalue weighted by molar-refractivity contribution is 5.86. The molecule has 0 radical (unpaired) electrons. The van der Waals surface area contributed by atoms with Gasteiger partial charge in [-0.15, -0.1) is 0 Å². The second-order valence-corrected chi connectivity index (χ2v) is 5.34. The average Bonchev–Trinajstić information content (AvgIpc) is 2.54. The third-order valence-corrected chi connectivity index (χ3v) is 3.62. The van der Waals surface area contributed by atoms with E-state index in [0.29, 0.717) is 6.42 Å². The van der Waals surface area contributed by atoms with Crippen LogP contribution in [-0.4, -0.2) is 38.1 Å². The Morgan fingerprint density at radius 3 is 2.30 bits per heavy atom. The molecule has 0 saturated heterocycles. The number of rotatable bonds is 7. The number of benzene rings is 1. The maximum absolute atomic E-state index is 11.9. The Bertz CT molecular complexity index is 582. The zero-order chi connectivity index (χ0) is 17.4. The van der Waals surface area contributed by atoms with E-state index in [0.717, 1.165) is 16.7 Å². The van der Waals surface area contributed by atoms with Gasteiger partial charge in [0.05, 0.1) is 20.6 Å². The van der Waals surface area contributed by atoms with Gasteiger partial charge in [0.25, 0.3) is 0 Å². The SMILES string of the molecule is COC(=O)CCC(=O)N[C@H](Cc1ccc(C)c(C)c1)C(=O)OC. The zero-order valence-electron chi connectivity index (χ0n) is 14.0. The molecule has 1 atom stereocenters. The number of carbonyl (C=O) groups is 3. The molecule has 1 aromatic carbocycles. The lowest BCUT2D eigenvalue weighted by Crippen LogP contribution is -2.43. The summed E-state index contributed by atoms with van der Waals surface area (Å²) in [5.74, 6) is -1.38. The Balaban J connectivity index is 2.72. The average molecular weight is 321 g/mol. The quantitative estimate of drug-likeness (QED) is 0.769. The van der Waals surface area contributed by atoms with Crippen LogP contribution in [0.5, 0.6) is 0 Å². The number of carbonyl (C=O) groups excluding carboxylic acids is 3. The van der Waals surface area contributed by atoms with Crippen LogP contribution >= 0.6 is 0 Å². The number of amides is 1. The number of methoxy groups -OCH3 is 2. The van der Waals surface area contributed by atoms with Crippen molar-refractivity contribution in [1.29, 1.82) is 0 Å². The van der Waals surface area contributed by atoms with E-state index in [1.807, 2.05) is 32.0 Å². The molecule has 0 unspecified atom stereocenters. The highest BCUT2D eigenvalue weighted by Crippen LogP contribution is 2.12. The second kappa shape index (κ2) is 8.92. The molecule has 0 aliphatic rings. The number of esters is 2. The predicted octanol–water partition coefficient (Wildman–Crippen LogP) is 1.46. The van der Waals surface area contributed by atoms with Crippen molar-refractivity contribution in [2.24, 2.45) is 0 Å². The smallest absolute Gasteiger partial charge is 0.328 e. The Kier molecular flexibility index (Phi) is 7.25. The molecule has 0 fully saturated rings. The van der Waals surface area contributed by atoms with Crippen LogP contribution in [0.2, 0.25) is 0 Å². The minimum atomic E-state index is -0.785. The first kappa shape index (κ1) is 18.7. The minimum Gasteiger partial charge on any atom is -0.469 e. The van der Waals surface area contributed by atoms with Crippen LogP contribution < -0.4 is 5.32 Å². The lowest BCUT2D eigenvalue weighted by Gasteiger charge is -2.17. The van der Waals surface area contributed by atoms with Gasteiger partial charge in [0.15, 0.2) is 0 Å². The van der Waals surface area contributed by atoms with Gasteiger partial charge in [0.1, 0.15) is 6.04 Å². The predicted molar refractivity (Wildman–Crippen MR) is 84.8 cm³/mol. The highest BCUT2D eigenvalue weighted by atomic mass is 16.5. The Morgan fingerprint density at radius 2 is 1.74 bits per heavy atom. The Hall–Kier alpha value is -2.37. The fourth-order valence-electron chi connectivity index (χ4n) is 2.09. The monoisotopic (exact) mass is 321 g/mol. The minimum absolute atomic E-state index is 0.0279. The van der Waals surface area contributed by atoms with Crippen LogP contribution in [0.3, 0.4) is 0 Å². The van der Waals surface area contributed by atoms with Crippen LogP contribution in [0.15, 0.2) is 18.2 Å². The van der Waals surface area contributed by atoms with Crippen molar-refractivity contribution in [3.8, 4) is 0 Å². The largest absolute Gasteiger partial charge is 0.469 e. The summed E-state index contributed by atoms with van der Waals surface area (Å²) in [6, 6.07) is 5.08. The molecule has 6 nitrogen and oxygen atoms in total. The summed E-state index contributed by atoms with van der Waals surface area (Å²) >= 11 is 0. The van der Waals surface area contributed by atoms with E-state index in [4.69, 9.17) is 4.74 Å². The number of nitrogens with one attached hydrogen (secondary N) is 1. The van der Waals surface area contributed by atoms with Gasteiger partial charge < -0.3 is 14.8 Å². The van der Waals surface area contributed by atoms with Gasteiger partial charge >= 0.3 is 11.9 Å². The highest BCUT2D eigenvalue weighted by Gasteiger charge is 2.22. The van der Waals surface area contributed by atoms with E-state index in [1.54, 1.807) is 0 Å². The lowest BCUT2D eigenvalue weighted by molar-refractivity contribution is -0.145. The molecule has 0 spiro atoms. The van der Waals surface area contributed by atoms with E-state index in [-0.39, 0.29) is 12.8 Å². The third kappa shape index (κ3) is 6.10. The number of hydrogen-bond acceptors (Lipinski definition) is 5. The summed E-state index contributed by atoms with van der Waals surface area (Å²) in [5.41, 5.74) is 3.20. The van der Waals surface area contributed by atoms with Crippen molar-refractivity contribution in [3.63, 3.8) is 0 Å². The molecule has 1 aromatic rings. The second-order valence-electron chi connectivity index (χ2n) is 5.34. The van der Waals surface area contributed by atoms with E-state index < -0.39 is 23.9 Å². The van der Waals surface area contributed by atoms with Gasteiger partial charge in [-0.1, -0.05) is 18.2 Å². The van der Waals surface area contributed by atoms with Gasteiger partial charge in [0, 0.05) is 12.8 Å². The number of hydrogen-bond donors (Lipinski definition) is 1. The first-order chi connectivity index (χ1) is 10.9. The molecular weight excluding hydrogens is 298 g/mol. The van der Waals surface area contributed by atoms with E-state index in [2.05, 4.69) is 10.1 Å². The number of aryl methyl sites for hydroxylation is 2. The van der Waals surface area contributed by atoms with Crippen LogP contribution in [0.4, 0.5) is 0 Å². The maximum Gasteiger partial charge on any atom is 0.328 e. The molecule has 0 aliphatic heterocycles. The van der Waals surface area contributed by atoms with E-state index in [9.17, 15) is 14.4 Å². The van der Waals surface area contributed by atoms with Crippen LogP contribution in [-0.2, 0) is 30.3 Å². The standard InChI is InChI=1S/C17H23NO5/c1-11-5-6-13(9-12(11)2)10-14(17(21)23-4)18-15(19)7-8-16(20)22-3/h5-6,9,14H,7-8,10H2,1-4H3,(H,18,19)/t14-/m1/s1. The van der Waals surface area contributed by atoms with Crippen molar-refractivity contribution in [1.82, 2.24) is 5.32 Å². The van der Waals surface area contributed by atoms with Gasteiger partial charge in [-0.25, -0.2) is 4.79 Å². The summed E-state index contributed by atoms with van der Waals surface area (Å²) in [5, 5.41) is 2.61. The summed E-state index contributed by atoms with van der Waals surface area (Å²) in [6.07, 6.45) is 0.269. The first-order valence-electron chi connectivity index (χ1n) is 7.37. The molecule has 6 heteroatoms. The van der Waals surface area contributed by atoms with Crippen molar-refractivity contribution in [2.45, 2.75) is 39.2 Å². The van der Waals surface area contributed by atoms with Crippen LogP contribution in [0.1, 0.15) is 29.5 Å². The molecule has 0 saturated carbocycles. The van der Waals surface area contributed by atoms with Crippen molar-refractivity contribution < 1.29 is 23.9 Å². The first-order valence-corrected chi connectivity index (χ1v) is 7.37. The molecule has 126 valence electrons. The molecule has 0 heterocycles. The van der Waals surface area contributed by atoms with E-state index in [1.165, 1.54) is 14.2 Å². The fraction of sp³-hybridized carbons (Fsp3) is 0.471. The molecule has 0 aliphatic carbocycles. The maximum atomic E-state index is 11.9. The zero-order valence-corrected chi connectivity index (χ0v) is 14.0. The molecule has 1 rings (SSSR count). The van der Waals surface area contributed by atoms with Crippen molar-refractivity contribution in [3.05, 3.63) is 34.9 Å². The summed E-state index contributed by atoms with van der Waals surface area (Å²) < 4.78 is 9.22. The molecule has 1 amide bonds. The van der Waals surface area contributed by atoms with Crippen molar-refractivity contribution in [2.75, 3.05) is 14.2 Å². The van der Waals surface area contributed by atoms with Gasteiger partial charge in [-0.05, 0) is 30.5 Å². The Morgan fingerprint density at radius 1 is 1.04 bits per heavy atom. The molecular formula is C17H23NO5. The molecule has 23 heavy (non-hydrogen) atoms. The molecule has 0 aromatic heterocycles. The fourth-order valence-corrected chi connectivity index (χ4v) is 2.09. The summed E-state index contributed by atoms with van der Waals surface area (Å²) in [6.45, 7) is 3.99.